The van der Waals surface area contributed by atoms with Gasteiger partial charge in [-0.2, -0.15) is 0 Å². The maximum absolute atomic E-state index is 9.16. The van der Waals surface area contributed by atoms with Gasteiger partial charge in [0.25, 0.3) is 0 Å². The van der Waals surface area contributed by atoms with E-state index in [-0.39, 0.29) is 6.10 Å². The van der Waals surface area contributed by atoms with E-state index in [0.29, 0.717) is 0 Å². The number of aliphatic hydroxyl groups is 1. The average Bonchev–Trinajstić information content (AvgIpc) is 2.56. The lowest BCUT2D eigenvalue weighted by Crippen LogP contribution is -2.17. The van der Waals surface area contributed by atoms with Gasteiger partial charge in [-0.1, -0.05) is 77.0 Å². The van der Waals surface area contributed by atoms with Gasteiger partial charge >= 0.3 is 0 Å². The summed E-state index contributed by atoms with van der Waals surface area (Å²) >= 11 is 0. The van der Waals surface area contributed by atoms with Crippen molar-refractivity contribution in [3.8, 4) is 0 Å². The van der Waals surface area contributed by atoms with Crippen molar-refractivity contribution < 1.29 is 5.11 Å². The van der Waals surface area contributed by atoms with E-state index >= 15 is 0 Å². The number of unbranched alkanes of at least 4 members (excludes halogenated alkanes) is 13. The van der Waals surface area contributed by atoms with Crippen molar-refractivity contribution in [2.75, 3.05) is 19.6 Å². The van der Waals surface area contributed by atoms with E-state index in [1.165, 1.54) is 89.9 Å². The summed E-state index contributed by atoms with van der Waals surface area (Å²) in [6.45, 7) is 4.92. The van der Waals surface area contributed by atoms with Crippen LogP contribution < -0.4 is 11.1 Å². The van der Waals surface area contributed by atoms with Gasteiger partial charge in [-0.15, -0.1) is 0 Å². The molecule has 0 amide bonds. The highest BCUT2D eigenvalue weighted by atomic mass is 16.3. The highest BCUT2D eigenvalue weighted by molar-refractivity contribution is 4.53. The normalized spacial score (nSPS) is 12.6. The van der Waals surface area contributed by atoms with Crippen LogP contribution in [0, 0.1) is 0 Å². The number of rotatable bonds is 20. The maximum atomic E-state index is 9.16. The number of nitrogens with one attached hydrogen (secondary N) is 1. The zero-order chi connectivity index (χ0) is 17.7. The van der Waals surface area contributed by atoms with Gasteiger partial charge in [0.1, 0.15) is 0 Å². The minimum Gasteiger partial charge on any atom is -0.393 e. The van der Waals surface area contributed by atoms with Crippen LogP contribution in [0.2, 0.25) is 0 Å². The van der Waals surface area contributed by atoms with Gasteiger partial charge in [-0.3, -0.25) is 0 Å². The van der Waals surface area contributed by atoms with E-state index in [2.05, 4.69) is 5.32 Å². The van der Waals surface area contributed by atoms with E-state index in [4.69, 9.17) is 10.8 Å². The molecule has 0 aromatic rings. The Bertz CT molecular complexity index is 222. The smallest absolute Gasteiger partial charge is 0.0512 e. The molecule has 1 atom stereocenters. The van der Waals surface area contributed by atoms with Crippen molar-refractivity contribution >= 4 is 0 Å². The largest absolute Gasteiger partial charge is 0.393 e. The van der Waals surface area contributed by atoms with Crippen molar-refractivity contribution in [3.63, 3.8) is 0 Å². The monoisotopic (exact) mass is 342 g/mol. The lowest BCUT2D eigenvalue weighted by atomic mass is 10.0. The van der Waals surface area contributed by atoms with E-state index in [0.717, 1.165) is 32.5 Å². The summed E-state index contributed by atoms with van der Waals surface area (Å²) in [6.07, 6.45) is 21.3. The summed E-state index contributed by atoms with van der Waals surface area (Å²) in [7, 11) is 0. The van der Waals surface area contributed by atoms with Crippen LogP contribution in [0.1, 0.15) is 110 Å². The van der Waals surface area contributed by atoms with Crippen LogP contribution in [0.5, 0.6) is 0 Å². The van der Waals surface area contributed by atoms with Gasteiger partial charge in [-0.25, -0.2) is 0 Å². The molecule has 4 N–H and O–H groups in total. The number of hydrogen-bond donors (Lipinski definition) is 3. The summed E-state index contributed by atoms with van der Waals surface area (Å²) < 4.78 is 0. The molecule has 3 nitrogen and oxygen atoms in total. The molecule has 0 saturated carbocycles. The Hall–Kier alpha value is -0.120. The number of nitrogens with two attached hydrogens (primary N) is 1. The Labute approximate surface area is 152 Å². The second-order valence-corrected chi connectivity index (χ2v) is 7.48. The fourth-order valence-corrected chi connectivity index (χ4v) is 3.16. The van der Waals surface area contributed by atoms with Crippen molar-refractivity contribution in [1.82, 2.24) is 5.32 Å². The first kappa shape index (κ1) is 23.9. The third kappa shape index (κ3) is 21.9. The van der Waals surface area contributed by atoms with Crippen LogP contribution in [0.15, 0.2) is 0 Å². The van der Waals surface area contributed by atoms with E-state index in [9.17, 15) is 0 Å². The van der Waals surface area contributed by atoms with Crippen LogP contribution in [-0.4, -0.2) is 30.8 Å². The van der Waals surface area contributed by atoms with Crippen LogP contribution in [0.3, 0.4) is 0 Å². The molecule has 1 unspecified atom stereocenters. The third-order valence-corrected chi connectivity index (χ3v) is 4.78. The molecular weight excluding hydrogens is 296 g/mol. The molecule has 0 saturated heterocycles. The lowest BCUT2D eigenvalue weighted by molar-refractivity contribution is 0.181. The summed E-state index contributed by atoms with van der Waals surface area (Å²) in [4.78, 5) is 0. The topological polar surface area (TPSA) is 58.3 Å². The highest BCUT2D eigenvalue weighted by Gasteiger charge is 1.96. The molecule has 0 bridgehead atoms. The predicted molar refractivity (Wildman–Crippen MR) is 107 cm³/mol. The first-order valence-electron chi connectivity index (χ1n) is 10.9. The Balaban J connectivity index is 2.95. The van der Waals surface area contributed by atoms with Crippen molar-refractivity contribution in [2.45, 2.75) is 116 Å². The Morgan fingerprint density at radius 2 is 1.00 bits per heavy atom. The fourth-order valence-electron chi connectivity index (χ4n) is 3.16. The molecular formula is C21H46N2O. The van der Waals surface area contributed by atoms with Crippen LogP contribution >= 0.6 is 0 Å². The summed E-state index contributed by atoms with van der Waals surface area (Å²) in [5, 5.41) is 12.6. The molecule has 146 valence electrons. The Morgan fingerprint density at radius 1 is 0.625 bits per heavy atom. The van der Waals surface area contributed by atoms with Gasteiger partial charge in [0.05, 0.1) is 6.10 Å². The lowest BCUT2D eigenvalue weighted by Gasteiger charge is -2.06. The molecule has 0 aliphatic carbocycles. The van der Waals surface area contributed by atoms with Crippen LogP contribution in [-0.2, 0) is 0 Å². The maximum Gasteiger partial charge on any atom is 0.0512 e. The molecule has 0 radical (unpaired) electrons. The van der Waals surface area contributed by atoms with E-state index in [1.807, 2.05) is 6.92 Å². The van der Waals surface area contributed by atoms with Gasteiger partial charge in [0, 0.05) is 0 Å². The van der Waals surface area contributed by atoms with Crippen molar-refractivity contribution in [1.29, 1.82) is 0 Å². The van der Waals surface area contributed by atoms with Gasteiger partial charge in [0.2, 0.25) is 0 Å². The van der Waals surface area contributed by atoms with Crippen LogP contribution in [0.4, 0.5) is 0 Å². The minimum absolute atomic E-state index is 0.145. The van der Waals surface area contributed by atoms with Gasteiger partial charge in [0.15, 0.2) is 0 Å². The quantitative estimate of drug-likeness (QED) is 0.268. The van der Waals surface area contributed by atoms with Crippen molar-refractivity contribution in [3.05, 3.63) is 0 Å². The second-order valence-electron chi connectivity index (χ2n) is 7.48. The van der Waals surface area contributed by atoms with Gasteiger partial charge < -0.3 is 16.2 Å². The molecule has 0 aliphatic rings. The molecule has 0 spiro atoms. The molecule has 0 aromatic carbocycles. The first-order chi connectivity index (χ1) is 11.8. The molecule has 0 rings (SSSR count). The van der Waals surface area contributed by atoms with Crippen molar-refractivity contribution in [2.24, 2.45) is 5.73 Å². The van der Waals surface area contributed by atoms with Crippen LogP contribution in [0.25, 0.3) is 0 Å². The molecule has 0 heterocycles. The second kappa shape index (κ2) is 20.9. The zero-order valence-electron chi connectivity index (χ0n) is 16.5. The minimum atomic E-state index is -0.145. The Kier molecular flexibility index (Phi) is 20.8. The SMILES string of the molecule is CC(O)CCCNCCCCCCCCCCCCCCCCN. The fraction of sp³-hybridized carbons (Fsp3) is 1.00. The average molecular weight is 343 g/mol. The molecule has 0 fully saturated rings. The first-order valence-corrected chi connectivity index (χ1v) is 10.9. The molecule has 0 aromatic heterocycles. The summed E-state index contributed by atoms with van der Waals surface area (Å²) in [6, 6.07) is 0. The van der Waals surface area contributed by atoms with E-state index in [1.54, 1.807) is 0 Å². The summed E-state index contributed by atoms with van der Waals surface area (Å²) in [5.74, 6) is 0. The highest BCUT2D eigenvalue weighted by Crippen LogP contribution is 2.12. The summed E-state index contributed by atoms with van der Waals surface area (Å²) in [5.41, 5.74) is 5.50. The standard InChI is InChI=1S/C21H46N2O/c1-21(24)17-16-20-23-19-15-13-11-9-7-5-3-2-4-6-8-10-12-14-18-22/h21,23-24H,2-20,22H2,1H3. The predicted octanol–water partition coefficient (Wildman–Crippen LogP) is 5.16. The van der Waals surface area contributed by atoms with E-state index < -0.39 is 0 Å². The number of hydrogen-bond acceptors (Lipinski definition) is 3. The molecule has 3 heteroatoms. The van der Waals surface area contributed by atoms with Gasteiger partial charge in [-0.05, 0) is 52.2 Å². The zero-order valence-corrected chi connectivity index (χ0v) is 16.5. The Morgan fingerprint density at radius 3 is 1.42 bits per heavy atom. The third-order valence-electron chi connectivity index (χ3n) is 4.78. The number of aliphatic hydroxyl groups excluding tert-OH is 1. The molecule has 24 heavy (non-hydrogen) atoms. The molecule has 0 aliphatic heterocycles.